The summed E-state index contributed by atoms with van der Waals surface area (Å²) in [5.74, 6) is -1.08. The highest BCUT2D eigenvalue weighted by Gasteiger charge is 2.22. The summed E-state index contributed by atoms with van der Waals surface area (Å²) in [5.41, 5.74) is 0. The van der Waals surface area contributed by atoms with Gasteiger partial charge in [0.15, 0.2) is 6.61 Å². The fourth-order valence-corrected chi connectivity index (χ4v) is 3.79. The predicted octanol–water partition coefficient (Wildman–Crippen LogP) is 3.61. The molecule has 0 radical (unpaired) electrons. The van der Waals surface area contributed by atoms with Crippen molar-refractivity contribution in [2.45, 2.75) is 13.3 Å². The van der Waals surface area contributed by atoms with Crippen molar-refractivity contribution >= 4 is 62.5 Å². The number of carbonyl (C=O) groups is 3. The van der Waals surface area contributed by atoms with Gasteiger partial charge >= 0.3 is 12.0 Å². The molecule has 0 aliphatic carbocycles. The normalized spacial score (nSPS) is 10.5. The van der Waals surface area contributed by atoms with Gasteiger partial charge in [-0.1, -0.05) is 30.1 Å². The third-order valence-corrected chi connectivity index (χ3v) is 5.42. The first-order valence-electron chi connectivity index (χ1n) is 7.58. The fourth-order valence-electron chi connectivity index (χ4n) is 2.01. The SMILES string of the molecule is CCCNC(=O)NC(=O)COC(=O)c1sc2c(Cl)c(OC)ccc2c1Cl. The smallest absolute Gasteiger partial charge is 0.350 e. The molecule has 1 aromatic carbocycles. The third kappa shape index (κ3) is 4.57. The van der Waals surface area contributed by atoms with E-state index in [1.54, 1.807) is 12.1 Å². The summed E-state index contributed by atoms with van der Waals surface area (Å²) in [6.07, 6.45) is 0.731. The topological polar surface area (TPSA) is 93.7 Å². The molecule has 0 aliphatic rings. The van der Waals surface area contributed by atoms with Gasteiger partial charge in [-0.05, 0) is 18.6 Å². The van der Waals surface area contributed by atoms with Crippen LogP contribution in [0.4, 0.5) is 4.79 Å². The van der Waals surface area contributed by atoms with Gasteiger partial charge in [-0.25, -0.2) is 9.59 Å². The van der Waals surface area contributed by atoms with Gasteiger partial charge in [0.1, 0.15) is 15.6 Å². The number of esters is 1. The highest BCUT2D eigenvalue weighted by molar-refractivity contribution is 7.22. The lowest BCUT2D eigenvalue weighted by Crippen LogP contribution is -2.41. The Labute approximate surface area is 163 Å². The Hall–Kier alpha value is -2.03. The van der Waals surface area contributed by atoms with Crippen LogP contribution in [-0.2, 0) is 9.53 Å². The average Bonchev–Trinajstić information content (AvgIpc) is 2.96. The maximum atomic E-state index is 12.2. The van der Waals surface area contributed by atoms with E-state index in [9.17, 15) is 14.4 Å². The molecule has 0 saturated carbocycles. The molecule has 10 heteroatoms. The van der Waals surface area contributed by atoms with E-state index in [0.717, 1.165) is 17.8 Å². The number of rotatable bonds is 6. The largest absolute Gasteiger partial charge is 0.495 e. The number of ether oxygens (including phenoxy) is 2. The molecule has 1 heterocycles. The standard InChI is InChI=1S/C16H16Cl2N2O5S/c1-3-6-19-16(23)20-10(21)7-25-15(22)14-11(17)8-4-5-9(24-2)12(18)13(8)26-14/h4-5H,3,6-7H2,1-2H3,(H2,19,20,21,23). The highest BCUT2D eigenvalue weighted by Crippen LogP contribution is 2.43. The molecule has 0 fully saturated rings. The molecule has 2 rings (SSSR count). The van der Waals surface area contributed by atoms with Crippen LogP contribution in [0, 0.1) is 0 Å². The molecule has 0 spiro atoms. The number of thiophene rings is 1. The number of imide groups is 1. The lowest BCUT2D eigenvalue weighted by Gasteiger charge is -2.06. The molecule has 2 aromatic rings. The molecule has 0 saturated heterocycles. The van der Waals surface area contributed by atoms with Crippen molar-refractivity contribution < 1.29 is 23.9 Å². The number of hydrogen-bond donors (Lipinski definition) is 2. The number of amides is 3. The van der Waals surface area contributed by atoms with Crippen molar-refractivity contribution in [1.82, 2.24) is 10.6 Å². The number of carbonyl (C=O) groups excluding carboxylic acids is 3. The molecule has 0 unspecified atom stereocenters. The molecule has 140 valence electrons. The Kier molecular flexibility index (Phi) is 7.07. The van der Waals surface area contributed by atoms with Crippen molar-refractivity contribution in [2.75, 3.05) is 20.3 Å². The van der Waals surface area contributed by atoms with E-state index in [1.165, 1.54) is 7.11 Å². The average molecular weight is 419 g/mol. The molecule has 0 aliphatic heterocycles. The first-order chi connectivity index (χ1) is 12.4. The number of fused-ring (bicyclic) bond motifs is 1. The Morgan fingerprint density at radius 3 is 2.58 bits per heavy atom. The van der Waals surface area contributed by atoms with Gasteiger partial charge in [0.2, 0.25) is 0 Å². The van der Waals surface area contributed by atoms with Crippen molar-refractivity contribution in [3.63, 3.8) is 0 Å². The van der Waals surface area contributed by atoms with Crippen LogP contribution >= 0.6 is 34.5 Å². The van der Waals surface area contributed by atoms with Crippen LogP contribution in [0.3, 0.4) is 0 Å². The predicted molar refractivity (Wildman–Crippen MR) is 101 cm³/mol. The number of halogens is 2. The zero-order valence-electron chi connectivity index (χ0n) is 14.0. The van der Waals surface area contributed by atoms with E-state index in [1.807, 2.05) is 6.92 Å². The first kappa shape index (κ1) is 20.3. The summed E-state index contributed by atoms with van der Waals surface area (Å²) in [5, 5.41) is 5.62. The van der Waals surface area contributed by atoms with Gasteiger partial charge in [0.05, 0.1) is 16.8 Å². The molecule has 26 heavy (non-hydrogen) atoms. The molecule has 1 aromatic heterocycles. The minimum absolute atomic E-state index is 0.111. The van der Waals surface area contributed by atoms with E-state index >= 15 is 0 Å². The van der Waals surface area contributed by atoms with Crippen LogP contribution in [-0.4, -0.2) is 38.2 Å². The van der Waals surface area contributed by atoms with Gasteiger partial charge in [0, 0.05) is 11.9 Å². The van der Waals surface area contributed by atoms with Crippen LogP contribution in [0.25, 0.3) is 10.1 Å². The third-order valence-electron chi connectivity index (χ3n) is 3.23. The summed E-state index contributed by atoms with van der Waals surface area (Å²) < 4.78 is 10.6. The van der Waals surface area contributed by atoms with Crippen molar-refractivity contribution in [3.8, 4) is 5.75 Å². The second-order valence-corrected chi connectivity index (χ2v) is 6.86. The Morgan fingerprint density at radius 2 is 1.92 bits per heavy atom. The summed E-state index contributed by atoms with van der Waals surface area (Å²) in [4.78, 5) is 35.3. The second-order valence-electron chi connectivity index (χ2n) is 5.08. The number of hydrogen-bond acceptors (Lipinski definition) is 6. The summed E-state index contributed by atoms with van der Waals surface area (Å²) in [7, 11) is 1.48. The van der Waals surface area contributed by atoms with Crippen molar-refractivity contribution in [1.29, 1.82) is 0 Å². The molecular weight excluding hydrogens is 403 g/mol. The Morgan fingerprint density at radius 1 is 1.19 bits per heavy atom. The molecule has 0 atom stereocenters. The number of nitrogens with one attached hydrogen (secondary N) is 2. The van der Waals surface area contributed by atoms with Gasteiger partial charge in [-0.3, -0.25) is 10.1 Å². The lowest BCUT2D eigenvalue weighted by atomic mass is 10.2. The monoisotopic (exact) mass is 418 g/mol. The van der Waals surface area contributed by atoms with Crippen LogP contribution in [0.15, 0.2) is 12.1 Å². The number of urea groups is 1. The molecule has 7 nitrogen and oxygen atoms in total. The quantitative estimate of drug-likeness (QED) is 0.698. The van der Waals surface area contributed by atoms with Gasteiger partial charge in [-0.2, -0.15) is 0 Å². The molecular formula is C16H16Cl2N2O5S. The number of methoxy groups -OCH3 is 1. The maximum absolute atomic E-state index is 12.2. The van der Waals surface area contributed by atoms with E-state index in [2.05, 4.69) is 10.6 Å². The second kappa shape index (κ2) is 9.07. The van der Waals surface area contributed by atoms with Gasteiger partial charge in [-0.15, -0.1) is 11.3 Å². The van der Waals surface area contributed by atoms with E-state index in [4.69, 9.17) is 32.7 Å². The maximum Gasteiger partial charge on any atom is 0.350 e. The lowest BCUT2D eigenvalue weighted by molar-refractivity contribution is -0.123. The van der Waals surface area contributed by atoms with Gasteiger partial charge in [0.25, 0.3) is 5.91 Å². The van der Waals surface area contributed by atoms with Crippen LogP contribution in [0.1, 0.15) is 23.0 Å². The number of benzene rings is 1. The fraction of sp³-hybridized carbons (Fsp3) is 0.312. The van der Waals surface area contributed by atoms with Crippen LogP contribution < -0.4 is 15.4 Å². The van der Waals surface area contributed by atoms with E-state index in [-0.39, 0.29) is 9.90 Å². The van der Waals surface area contributed by atoms with E-state index in [0.29, 0.717) is 27.4 Å². The Bertz CT molecular complexity index is 853. The van der Waals surface area contributed by atoms with E-state index < -0.39 is 24.5 Å². The van der Waals surface area contributed by atoms with Crippen LogP contribution in [0.2, 0.25) is 10.0 Å². The highest BCUT2D eigenvalue weighted by atomic mass is 35.5. The first-order valence-corrected chi connectivity index (χ1v) is 9.15. The van der Waals surface area contributed by atoms with Crippen molar-refractivity contribution in [3.05, 3.63) is 27.1 Å². The summed E-state index contributed by atoms with van der Waals surface area (Å²) >= 11 is 13.5. The van der Waals surface area contributed by atoms with Crippen molar-refractivity contribution in [2.24, 2.45) is 0 Å². The van der Waals surface area contributed by atoms with Crippen LogP contribution in [0.5, 0.6) is 5.75 Å². The molecule has 0 bridgehead atoms. The summed E-state index contributed by atoms with van der Waals surface area (Å²) in [6, 6.07) is 2.67. The molecule has 2 N–H and O–H groups in total. The molecule has 3 amide bonds. The summed E-state index contributed by atoms with van der Waals surface area (Å²) in [6.45, 7) is 1.70. The zero-order chi connectivity index (χ0) is 19.3. The Balaban J connectivity index is 2.06. The zero-order valence-corrected chi connectivity index (χ0v) is 16.3. The minimum Gasteiger partial charge on any atom is -0.495 e. The minimum atomic E-state index is -0.782. The van der Waals surface area contributed by atoms with Gasteiger partial charge < -0.3 is 14.8 Å².